The van der Waals surface area contributed by atoms with E-state index in [2.05, 4.69) is 12.2 Å². The maximum atomic E-state index is 13.9. The fourth-order valence-corrected chi connectivity index (χ4v) is 3.32. The van der Waals surface area contributed by atoms with Crippen molar-refractivity contribution < 1.29 is 9.50 Å². The zero-order valence-electron chi connectivity index (χ0n) is 12.3. The van der Waals surface area contributed by atoms with Crippen LogP contribution in [0.4, 0.5) is 4.39 Å². The molecule has 3 heteroatoms. The second kappa shape index (κ2) is 7.75. The van der Waals surface area contributed by atoms with E-state index in [1.54, 1.807) is 6.07 Å². The summed E-state index contributed by atoms with van der Waals surface area (Å²) < 4.78 is 13.9. The van der Waals surface area contributed by atoms with Crippen LogP contribution in [0.3, 0.4) is 0 Å². The lowest BCUT2D eigenvalue weighted by atomic mass is 9.79. The molecule has 1 aromatic rings. The van der Waals surface area contributed by atoms with Crippen molar-refractivity contribution in [1.82, 2.24) is 5.32 Å². The largest absolute Gasteiger partial charge is 0.396 e. The minimum absolute atomic E-state index is 0.0671. The van der Waals surface area contributed by atoms with E-state index in [9.17, 15) is 9.50 Å². The second-order valence-electron chi connectivity index (χ2n) is 5.88. The fraction of sp³-hybridized carbons (Fsp3) is 0.647. The average molecular weight is 279 g/mol. The first-order chi connectivity index (χ1) is 9.76. The zero-order valence-corrected chi connectivity index (χ0v) is 12.3. The van der Waals surface area contributed by atoms with Gasteiger partial charge in [-0.1, -0.05) is 38.0 Å². The number of benzene rings is 1. The molecule has 1 fully saturated rings. The predicted molar refractivity (Wildman–Crippen MR) is 80.0 cm³/mol. The van der Waals surface area contributed by atoms with Gasteiger partial charge in [0.25, 0.3) is 0 Å². The van der Waals surface area contributed by atoms with Gasteiger partial charge in [0.15, 0.2) is 0 Å². The Kier molecular flexibility index (Phi) is 5.99. The standard InChI is InChI=1S/C17H26FNO/c1-2-17(15-9-5-6-10-16(15)18)19-11-13-7-3-4-8-14(13)12-20/h5-6,9-10,13-14,17,19-20H,2-4,7-8,11-12H2,1H3. The SMILES string of the molecule is CCC(NCC1CCCCC1CO)c1ccccc1F. The first-order valence-electron chi connectivity index (χ1n) is 7.85. The van der Waals surface area contributed by atoms with Crippen LogP contribution in [0.2, 0.25) is 0 Å². The lowest BCUT2D eigenvalue weighted by molar-refractivity contribution is 0.130. The smallest absolute Gasteiger partial charge is 0.127 e. The molecular formula is C17H26FNO. The average Bonchev–Trinajstić information content (AvgIpc) is 2.50. The Bertz CT molecular complexity index is 410. The first kappa shape index (κ1) is 15.5. The Morgan fingerprint density at radius 2 is 1.95 bits per heavy atom. The van der Waals surface area contributed by atoms with Crippen LogP contribution in [0, 0.1) is 17.7 Å². The van der Waals surface area contributed by atoms with Crippen LogP contribution in [0.5, 0.6) is 0 Å². The van der Waals surface area contributed by atoms with Crippen LogP contribution in [-0.2, 0) is 0 Å². The van der Waals surface area contributed by atoms with Crippen molar-refractivity contribution in [1.29, 1.82) is 0 Å². The van der Waals surface area contributed by atoms with Crippen LogP contribution < -0.4 is 5.32 Å². The van der Waals surface area contributed by atoms with Gasteiger partial charge in [0.1, 0.15) is 5.82 Å². The summed E-state index contributed by atoms with van der Waals surface area (Å²) in [4.78, 5) is 0. The molecule has 2 nitrogen and oxygen atoms in total. The van der Waals surface area contributed by atoms with Crippen LogP contribution in [0.1, 0.15) is 50.6 Å². The van der Waals surface area contributed by atoms with E-state index in [0.717, 1.165) is 24.9 Å². The maximum absolute atomic E-state index is 13.9. The maximum Gasteiger partial charge on any atom is 0.127 e. The molecule has 3 unspecified atom stereocenters. The van der Waals surface area contributed by atoms with Gasteiger partial charge in [-0.25, -0.2) is 4.39 Å². The summed E-state index contributed by atoms with van der Waals surface area (Å²) in [5.74, 6) is 0.804. The molecule has 112 valence electrons. The van der Waals surface area contributed by atoms with Gasteiger partial charge in [0.05, 0.1) is 0 Å². The Morgan fingerprint density at radius 1 is 1.25 bits per heavy atom. The number of aliphatic hydroxyl groups excluding tert-OH is 1. The van der Waals surface area contributed by atoms with E-state index in [0.29, 0.717) is 11.8 Å². The second-order valence-corrected chi connectivity index (χ2v) is 5.88. The van der Waals surface area contributed by atoms with Crippen molar-refractivity contribution in [3.05, 3.63) is 35.6 Å². The van der Waals surface area contributed by atoms with Gasteiger partial charge in [-0.05, 0) is 43.7 Å². The third kappa shape index (κ3) is 3.80. The molecule has 0 amide bonds. The number of aliphatic hydroxyl groups is 1. The van der Waals surface area contributed by atoms with Crippen LogP contribution >= 0.6 is 0 Å². The molecule has 0 heterocycles. The Labute approximate surface area is 121 Å². The molecule has 0 bridgehead atoms. The summed E-state index contributed by atoms with van der Waals surface area (Å²) in [5, 5.41) is 13.0. The Morgan fingerprint density at radius 3 is 2.60 bits per heavy atom. The van der Waals surface area contributed by atoms with Gasteiger partial charge in [0, 0.05) is 18.2 Å². The Hall–Kier alpha value is -0.930. The summed E-state index contributed by atoms with van der Waals surface area (Å²) >= 11 is 0. The van der Waals surface area contributed by atoms with E-state index >= 15 is 0 Å². The zero-order chi connectivity index (χ0) is 14.4. The van der Waals surface area contributed by atoms with E-state index in [4.69, 9.17) is 0 Å². The minimum atomic E-state index is -0.130. The van der Waals surface area contributed by atoms with Crippen molar-refractivity contribution in [2.75, 3.05) is 13.2 Å². The normalized spacial score (nSPS) is 24.6. The Balaban J connectivity index is 1.95. The number of nitrogens with one attached hydrogen (secondary N) is 1. The van der Waals surface area contributed by atoms with Gasteiger partial charge < -0.3 is 10.4 Å². The van der Waals surface area contributed by atoms with E-state index in [1.807, 2.05) is 12.1 Å². The summed E-state index contributed by atoms with van der Waals surface area (Å²) in [7, 11) is 0. The number of hydrogen-bond donors (Lipinski definition) is 2. The van der Waals surface area contributed by atoms with Crippen LogP contribution in [0.25, 0.3) is 0 Å². The molecule has 0 radical (unpaired) electrons. The highest BCUT2D eigenvalue weighted by Gasteiger charge is 2.25. The highest BCUT2D eigenvalue weighted by atomic mass is 19.1. The number of rotatable bonds is 6. The highest BCUT2D eigenvalue weighted by Crippen LogP contribution is 2.30. The predicted octanol–water partition coefficient (Wildman–Crippen LogP) is 3.67. The van der Waals surface area contributed by atoms with Crippen molar-refractivity contribution >= 4 is 0 Å². The fourth-order valence-electron chi connectivity index (χ4n) is 3.32. The quantitative estimate of drug-likeness (QED) is 0.833. The summed E-state index contributed by atoms with van der Waals surface area (Å²) in [6, 6.07) is 7.07. The summed E-state index contributed by atoms with van der Waals surface area (Å²) in [6.45, 7) is 3.23. The first-order valence-corrected chi connectivity index (χ1v) is 7.85. The van der Waals surface area contributed by atoms with Crippen LogP contribution in [-0.4, -0.2) is 18.3 Å². The molecule has 3 atom stereocenters. The molecule has 1 aromatic carbocycles. The van der Waals surface area contributed by atoms with E-state index in [1.165, 1.54) is 25.3 Å². The van der Waals surface area contributed by atoms with Gasteiger partial charge in [-0.2, -0.15) is 0 Å². The van der Waals surface area contributed by atoms with E-state index in [-0.39, 0.29) is 18.5 Å². The highest BCUT2D eigenvalue weighted by molar-refractivity contribution is 5.21. The molecule has 0 saturated heterocycles. The minimum Gasteiger partial charge on any atom is -0.396 e. The van der Waals surface area contributed by atoms with Gasteiger partial charge in [0.2, 0.25) is 0 Å². The molecule has 0 aliphatic heterocycles. The molecule has 0 spiro atoms. The van der Waals surface area contributed by atoms with Gasteiger partial charge >= 0.3 is 0 Å². The molecule has 1 saturated carbocycles. The van der Waals surface area contributed by atoms with Crippen molar-refractivity contribution in [3.63, 3.8) is 0 Å². The lowest BCUT2D eigenvalue weighted by Gasteiger charge is -2.32. The van der Waals surface area contributed by atoms with Crippen molar-refractivity contribution in [2.24, 2.45) is 11.8 Å². The number of hydrogen-bond acceptors (Lipinski definition) is 2. The summed E-state index contributed by atoms with van der Waals surface area (Å²) in [5.41, 5.74) is 0.756. The molecule has 20 heavy (non-hydrogen) atoms. The van der Waals surface area contributed by atoms with E-state index < -0.39 is 0 Å². The van der Waals surface area contributed by atoms with Gasteiger partial charge in [-0.15, -0.1) is 0 Å². The summed E-state index contributed by atoms with van der Waals surface area (Å²) in [6.07, 6.45) is 5.65. The third-order valence-electron chi connectivity index (χ3n) is 4.62. The van der Waals surface area contributed by atoms with Crippen molar-refractivity contribution in [2.45, 2.75) is 45.1 Å². The molecular weight excluding hydrogens is 253 g/mol. The molecule has 2 rings (SSSR count). The molecule has 1 aliphatic carbocycles. The third-order valence-corrected chi connectivity index (χ3v) is 4.62. The molecule has 1 aliphatic rings. The van der Waals surface area contributed by atoms with Crippen molar-refractivity contribution in [3.8, 4) is 0 Å². The molecule has 2 N–H and O–H groups in total. The van der Waals surface area contributed by atoms with Gasteiger partial charge in [-0.3, -0.25) is 0 Å². The molecule has 0 aromatic heterocycles. The monoisotopic (exact) mass is 279 g/mol. The van der Waals surface area contributed by atoms with Crippen LogP contribution in [0.15, 0.2) is 24.3 Å². The lowest BCUT2D eigenvalue weighted by Crippen LogP contribution is -2.34. The topological polar surface area (TPSA) is 32.3 Å². The number of halogens is 1.